The molecule has 128 valence electrons. The molecule has 25 heavy (non-hydrogen) atoms. The standard InChI is InChI=1S/C20H20N2O3/c23-14-8-9-17-16(12-14)20(25)22-10-4-7-15(19(22)21-17)18(24)11-13-5-2-1-3-6-13/h4,7-10,12-13,23H,1-3,5-6,11H2. The van der Waals surface area contributed by atoms with Gasteiger partial charge in [-0.25, -0.2) is 4.98 Å². The van der Waals surface area contributed by atoms with Crippen molar-refractivity contribution >= 4 is 22.3 Å². The fourth-order valence-corrected chi connectivity index (χ4v) is 3.80. The Balaban J connectivity index is 1.81. The van der Waals surface area contributed by atoms with Gasteiger partial charge in [-0.05, 0) is 36.2 Å². The number of carbonyl (C=O) groups is 1. The first kappa shape index (κ1) is 15.8. The van der Waals surface area contributed by atoms with Gasteiger partial charge in [-0.15, -0.1) is 0 Å². The van der Waals surface area contributed by atoms with Crippen LogP contribution in [-0.2, 0) is 0 Å². The van der Waals surface area contributed by atoms with E-state index in [-0.39, 0.29) is 17.1 Å². The van der Waals surface area contributed by atoms with Gasteiger partial charge in [0.2, 0.25) is 0 Å². The number of rotatable bonds is 3. The third kappa shape index (κ3) is 2.90. The van der Waals surface area contributed by atoms with Crippen molar-refractivity contribution in [1.82, 2.24) is 9.38 Å². The number of aromatic hydroxyl groups is 1. The highest BCUT2D eigenvalue weighted by Gasteiger charge is 2.20. The molecule has 2 heterocycles. The largest absolute Gasteiger partial charge is 0.508 e. The first-order valence-corrected chi connectivity index (χ1v) is 8.81. The van der Waals surface area contributed by atoms with Crippen LogP contribution in [0.1, 0.15) is 48.9 Å². The van der Waals surface area contributed by atoms with Gasteiger partial charge in [0, 0.05) is 12.6 Å². The Morgan fingerprint density at radius 1 is 1.20 bits per heavy atom. The monoisotopic (exact) mass is 336 g/mol. The number of ketones is 1. The van der Waals surface area contributed by atoms with Crippen LogP contribution in [0.15, 0.2) is 41.3 Å². The minimum Gasteiger partial charge on any atom is -0.508 e. The summed E-state index contributed by atoms with van der Waals surface area (Å²) in [6.07, 6.45) is 7.99. The Labute approximate surface area is 144 Å². The van der Waals surface area contributed by atoms with E-state index in [1.165, 1.54) is 35.8 Å². The number of phenolic OH excluding ortho intramolecular Hbond substituents is 1. The normalized spacial score (nSPS) is 15.7. The molecule has 1 aliphatic carbocycles. The zero-order valence-electron chi connectivity index (χ0n) is 13.9. The van der Waals surface area contributed by atoms with E-state index in [1.807, 2.05) is 0 Å². The van der Waals surface area contributed by atoms with Crippen molar-refractivity contribution in [3.63, 3.8) is 0 Å². The first-order chi connectivity index (χ1) is 12.1. The lowest BCUT2D eigenvalue weighted by Crippen LogP contribution is -2.19. The van der Waals surface area contributed by atoms with E-state index in [2.05, 4.69) is 4.98 Å². The molecule has 3 aromatic rings. The van der Waals surface area contributed by atoms with E-state index in [0.29, 0.717) is 34.5 Å². The molecule has 4 rings (SSSR count). The molecule has 0 atom stereocenters. The van der Waals surface area contributed by atoms with Crippen molar-refractivity contribution in [3.05, 3.63) is 52.4 Å². The highest BCUT2D eigenvalue weighted by Crippen LogP contribution is 2.28. The van der Waals surface area contributed by atoms with Crippen LogP contribution in [0.5, 0.6) is 5.75 Å². The molecule has 0 radical (unpaired) electrons. The van der Waals surface area contributed by atoms with Gasteiger partial charge >= 0.3 is 0 Å². The highest BCUT2D eigenvalue weighted by atomic mass is 16.3. The molecule has 2 aromatic heterocycles. The van der Waals surface area contributed by atoms with Crippen LogP contribution < -0.4 is 5.56 Å². The fraction of sp³-hybridized carbons (Fsp3) is 0.350. The smallest absolute Gasteiger partial charge is 0.265 e. The fourth-order valence-electron chi connectivity index (χ4n) is 3.80. The molecule has 1 N–H and O–H groups in total. The number of benzene rings is 1. The van der Waals surface area contributed by atoms with Crippen LogP contribution in [0.4, 0.5) is 0 Å². The van der Waals surface area contributed by atoms with Crippen molar-refractivity contribution in [2.24, 2.45) is 5.92 Å². The zero-order chi connectivity index (χ0) is 17.4. The van der Waals surface area contributed by atoms with Gasteiger partial charge in [0.05, 0.1) is 16.5 Å². The van der Waals surface area contributed by atoms with Crippen LogP contribution in [0.3, 0.4) is 0 Å². The summed E-state index contributed by atoms with van der Waals surface area (Å²) in [6, 6.07) is 7.97. The maximum absolute atomic E-state index is 12.8. The van der Waals surface area contributed by atoms with E-state index in [1.54, 1.807) is 24.4 Å². The Kier molecular flexibility index (Phi) is 3.99. The molecule has 0 amide bonds. The number of Topliss-reactive ketones (excluding diaryl/α,β-unsaturated/α-hetero) is 1. The maximum atomic E-state index is 12.8. The molecule has 1 saturated carbocycles. The topological polar surface area (TPSA) is 71.7 Å². The number of hydrogen-bond acceptors (Lipinski definition) is 4. The van der Waals surface area contributed by atoms with Gasteiger partial charge in [0.15, 0.2) is 11.4 Å². The molecule has 5 heteroatoms. The molecular weight excluding hydrogens is 316 g/mol. The number of hydrogen-bond donors (Lipinski definition) is 1. The molecule has 1 fully saturated rings. The number of phenols is 1. The van der Waals surface area contributed by atoms with Crippen molar-refractivity contribution in [3.8, 4) is 5.75 Å². The molecule has 1 aromatic carbocycles. The van der Waals surface area contributed by atoms with E-state index < -0.39 is 0 Å². The number of aromatic nitrogens is 2. The number of carbonyl (C=O) groups excluding carboxylic acids is 1. The molecule has 5 nitrogen and oxygen atoms in total. The summed E-state index contributed by atoms with van der Waals surface area (Å²) in [5.74, 6) is 0.511. The van der Waals surface area contributed by atoms with Crippen molar-refractivity contribution in [1.29, 1.82) is 0 Å². The van der Waals surface area contributed by atoms with Gasteiger partial charge in [-0.1, -0.05) is 32.1 Å². The molecule has 0 aliphatic heterocycles. The van der Waals surface area contributed by atoms with Gasteiger partial charge < -0.3 is 5.11 Å². The Morgan fingerprint density at radius 3 is 2.80 bits per heavy atom. The molecule has 0 bridgehead atoms. The van der Waals surface area contributed by atoms with Crippen molar-refractivity contribution in [2.75, 3.05) is 0 Å². The van der Waals surface area contributed by atoms with Gasteiger partial charge in [-0.3, -0.25) is 14.0 Å². The summed E-state index contributed by atoms with van der Waals surface area (Å²) in [4.78, 5) is 30.1. The van der Waals surface area contributed by atoms with Gasteiger partial charge in [-0.2, -0.15) is 0 Å². The lowest BCUT2D eigenvalue weighted by atomic mass is 9.85. The summed E-state index contributed by atoms with van der Waals surface area (Å²) in [5, 5.41) is 9.96. The predicted molar refractivity (Wildman–Crippen MR) is 96.2 cm³/mol. The minimum absolute atomic E-state index is 0.0240. The van der Waals surface area contributed by atoms with Crippen molar-refractivity contribution < 1.29 is 9.90 Å². The van der Waals surface area contributed by atoms with Gasteiger partial charge in [0.25, 0.3) is 5.56 Å². The maximum Gasteiger partial charge on any atom is 0.265 e. The van der Waals surface area contributed by atoms with E-state index in [4.69, 9.17) is 0 Å². The number of nitrogens with zero attached hydrogens (tertiary/aromatic N) is 2. The Morgan fingerprint density at radius 2 is 2.00 bits per heavy atom. The molecule has 0 spiro atoms. The molecule has 1 aliphatic rings. The number of fused-ring (bicyclic) bond motifs is 2. The van der Waals surface area contributed by atoms with Crippen LogP contribution in [0.25, 0.3) is 16.6 Å². The Hall–Kier alpha value is -2.69. The average Bonchev–Trinajstić information content (AvgIpc) is 2.63. The lowest BCUT2D eigenvalue weighted by Gasteiger charge is -2.20. The van der Waals surface area contributed by atoms with E-state index in [9.17, 15) is 14.7 Å². The van der Waals surface area contributed by atoms with Crippen LogP contribution in [0.2, 0.25) is 0 Å². The summed E-state index contributed by atoms with van der Waals surface area (Å²) in [6.45, 7) is 0. The summed E-state index contributed by atoms with van der Waals surface area (Å²) in [5.41, 5.74) is 1.11. The second kappa shape index (κ2) is 6.31. The van der Waals surface area contributed by atoms with Gasteiger partial charge in [0.1, 0.15) is 5.75 Å². The highest BCUT2D eigenvalue weighted by molar-refractivity contribution is 6.02. The summed E-state index contributed by atoms with van der Waals surface area (Å²) < 4.78 is 1.40. The van der Waals surface area contributed by atoms with Crippen LogP contribution in [-0.4, -0.2) is 20.3 Å². The van der Waals surface area contributed by atoms with E-state index in [0.717, 1.165) is 12.8 Å². The third-order valence-corrected chi connectivity index (χ3v) is 5.12. The quantitative estimate of drug-likeness (QED) is 0.585. The van der Waals surface area contributed by atoms with Crippen LogP contribution >= 0.6 is 0 Å². The second-order valence-corrected chi connectivity index (χ2v) is 6.87. The summed E-state index contributed by atoms with van der Waals surface area (Å²) in [7, 11) is 0. The molecule has 0 saturated heterocycles. The predicted octanol–water partition coefficient (Wildman–Crippen LogP) is 3.71. The first-order valence-electron chi connectivity index (χ1n) is 8.81. The van der Waals surface area contributed by atoms with Crippen LogP contribution in [0, 0.1) is 5.92 Å². The number of pyridine rings is 1. The average molecular weight is 336 g/mol. The SMILES string of the molecule is O=C(CC1CCCCC1)c1cccn2c(=O)c3cc(O)ccc3nc12. The molecular formula is C20H20N2O3. The Bertz CT molecular complexity index is 1020. The zero-order valence-corrected chi connectivity index (χ0v) is 13.9. The summed E-state index contributed by atoms with van der Waals surface area (Å²) >= 11 is 0. The lowest BCUT2D eigenvalue weighted by molar-refractivity contribution is 0.0951. The van der Waals surface area contributed by atoms with Crippen molar-refractivity contribution in [2.45, 2.75) is 38.5 Å². The molecule has 0 unspecified atom stereocenters. The minimum atomic E-state index is -0.275. The second-order valence-electron chi connectivity index (χ2n) is 6.87. The third-order valence-electron chi connectivity index (χ3n) is 5.12. The van der Waals surface area contributed by atoms with E-state index >= 15 is 0 Å².